The van der Waals surface area contributed by atoms with Gasteiger partial charge in [-0.3, -0.25) is 0 Å². The largest absolute Gasteiger partial charge is 0.398 e. The van der Waals surface area contributed by atoms with Crippen LogP contribution in [0.5, 0.6) is 0 Å². The summed E-state index contributed by atoms with van der Waals surface area (Å²) in [5.41, 5.74) is 7.32. The Labute approximate surface area is 119 Å². The maximum absolute atomic E-state index is 14.1. The molecule has 21 heavy (non-hydrogen) atoms. The Balaban J connectivity index is 2.22. The molecule has 0 unspecified atom stereocenters. The molecule has 0 aliphatic heterocycles. The SMILES string of the molecule is Cc1cccc(F)c1-n1nnnc1-c1ccc(F)cc1N. The summed E-state index contributed by atoms with van der Waals surface area (Å²) in [6.45, 7) is 1.75. The minimum atomic E-state index is -0.461. The molecule has 0 fully saturated rings. The Kier molecular flexibility index (Phi) is 3.09. The summed E-state index contributed by atoms with van der Waals surface area (Å²) in [4.78, 5) is 0. The molecule has 0 saturated heterocycles. The molecule has 0 atom stereocenters. The third kappa shape index (κ3) is 2.22. The monoisotopic (exact) mass is 287 g/mol. The fraction of sp³-hybridized carbons (Fsp3) is 0.0714. The normalized spacial score (nSPS) is 10.8. The molecule has 0 radical (unpaired) electrons. The highest BCUT2D eigenvalue weighted by molar-refractivity contribution is 5.72. The lowest BCUT2D eigenvalue weighted by atomic mass is 10.1. The van der Waals surface area contributed by atoms with Gasteiger partial charge in [-0.05, 0) is 47.2 Å². The first-order valence-electron chi connectivity index (χ1n) is 6.17. The van der Waals surface area contributed by atoms with Crippen LogP contribution in [0, 0.1) is 18.6 Å². The molecule has 0 spiro atoms. The van der Waals surface area contributed by atoms with Gasteiger partial charge in [-0.25, -0.2) is 8.78 Å². The van der Waals surface area contributed by atoms with Crippen molar-refractivity contribution in [2.45, 2.75) is 6.92 Å². The molecule has 2 aromatic carbocycles. The minimum Gasteiger partial charge on any atom is -0.398 e. The Morgan fingerprint density at radius 2 is 1.95 bits per heavy atom. The number of tetrazole rings is 1. The molecule has 106 valence electrons. The summed E-state index contributed by atoms with van der Waals surface area (Å²) >= 11 is 0. The molecular formula is C14H11F2N5. The molecule has 0 amide bonds. The van der Waals surface area contributed by atoms with E-state index in [0.29, 0.717) is 11.1 Å². The lowest BCUT2D eigenvalue weighted by molar-refractivity contribution is 0.605. The van der Waals surface area contributed by atoms with Crippen LogP contribution in [-0.2, 0) is 0 Å². The van der Waals surface area contributed by atoms with E-state index in [0.717, 1.165) is 0 Å². The second kappa shape index (κ2) is 4.93. The van der Waals surface area contributed by atoms with Gasteiger partial charge in [0.15, 0.2) is 5.82 Å². The van der Waals surface area contributed by atoms with E-state index in [1.165, 1.54) is 28.9 Å². The average Bonchev–Trinajstić information content (AvgIpc) is 2.87. The van der Waals surface area contributed by atoms with E-state index in [2.05, 4.69) is 15.5 Å². The fourth-order valence-electron chi connectivity index (χ4n) is 2.13. The lowest BCUT2D eigenvalue weighted by Crippen LogP contribution is -2.06. The molecule has 0 saturated carbocycles. The number of halogens is 2. The number of para-hydroxylation sites is 1. The maximum Gasteiger partial charge on any atom is 0.189 e. The van der Waals surface area contributed by atoms with Crippen molar-refractivity contribution < 1.29 is 8.78 Å². The van der Waals surface area contributed by atoms with E-state index < -0.39 is 11.6 Å². The highest BCUT2D eigenvalue weighted by Gasteiger charge is 2.17. The Morgan fingerprint density at radius 3 is 2.67 bits per heavy atom. The van der Waals surface area contributed by atoms with Crippen molar-refractivity contribution in [3.63, 3.8) is 0 Å². The topological polar surface area (TPSA) is 69.6 Å². The molecule has 3 aromatic rings. The van der Waals surface area contributed by atoms with E-state index in [1.54, 1.807) is 19.1 Å². The number of nitrogen functional groups attached to an aromatic ring is 1. The minimum absolute atomic E-state index is 0.181. The average molecular weight is 287 g/mol. The second-order valence-electron chi connectivity index (χ2n) is 4.55. The van der Waals surface area contributed by atoms with E-state index in [1.807, 2.05) is 0 Å². The summed E-state index contributed by atoms with van der Waals surface area (Å²) in [5.74, 6) is -0.665. The number of aryl methyl sites for hydroxylation is 1. The zero-order chi connectivity index (χ0) is 15.0. The third-order valence-corrected chi connectivity index (χ3v) is 3.12. The molecule has 0 aliphatic rings. The Bertz CT molecular complexity index is 793. The summed E-state index contributed by atoms with van der Waals surface area (Å²) in [7, 11) is 0. The molecule has 7 heteroatoms. The van der Waals surface area contributed by atoms with Crippen molar-refractivity contribution in [3.8, 4) is 17.1 Å². The second-order valence-corrected chi connectivity index (χ2v) is 4.55. The van der Waals surface area contributed by atoms with Crippen molar-refractivity contribution in [3.05, 3.63) is 53.6 Å². The standard InChI is InChI=1S/C14H11F2N5/c1-8-3-2-4-11(16)13(8)21-14(18-19-20-21)10-6-5-9(15)7-12(10)17/h2-7H,17H2,1H3. The molecule has 2 N–H and O–H groups in total. The number of hydrogen-bond acceptors (Lipinski definition) is 4. The number of hydrogen-bond donors (Lipinski definition) is 1. The number of nitrogens with zero attached hydrogens (tertiary/aromatic N) is 4. The van der Waals surface area contributed by atoms with Crippen molar-refractivity contribution in [2.24, 2.45) is 0 Å². The number of anilines is 1. The number of benzene rings is 2. The summed E-state index contributed by atoms with van der Waals surface area (Å²) in [5, 5.41) is 11.3. The van der Waals surface area contributed by atoms with Gasteiger partial charge in [0.05, 0.1) is 0 Å². The van der Waals surface area contributed by atoms with Gasteiger partial charge in [0.2, 0.25) is 0 Å². The zero-order valence-corrected chi connectivity index (χ0v) is 11.1. The van der Waals surface area contributed by atoms with Crippen LogP contribution in [0.1, 0.15) is 5.56 Å². The van der Waals surface area contributed by atoms with Crippen LogP contribution in [0.4, 0.5) is 14.5 Å². The maximum atomic E-state index is 14.1. The predicted octanol–water partition coefficient (Wildman–Crippen LogP) is 2.50. The molecule has 1 heterocycles. The van der Waals surface area contributed by atoms with Crippen LogP contribution in [0.15, 0.2) is 36.4 Å². The molecule has 1 aromatic heterocycles. The van der Waals surface area contributed by atoms with Gasteiger partial charge < -0.3 is 5.73 Å². The quantitative estimate of drug-likeness (QED) is 0.735. The van der Waals surface area contributed by atoms with Crippen LogP contribution in [0.25, 0.3) is 17.1 Å². The van der Waals surface area contributed by atoms with Gasteiger partial charge in [0, 0.05) is 11.3 Å². The molecule has 0 bridgehead atoms. The smallest absolute Gasteiger partial charge is 0.189 e. The first-order valence-corrected chi connectivity index (χ1v) is 6.17. The van der Waals surface area contributed by atoms with Gasteiger partial charge >= 0.3 is 0 Å². The zero-order valence-electron chi connectivity index (χ0n) is 11.1. The van der Waals surface area contributed by atoms with Crippen LogP contribution in [-0.4, -0.2) is 20.2 Å². The van der Waals surface area contributed by atoms with Gasteiger partial charge in [0.25, 0.3) is 0 Å². The number of nitrogens with two attached hydrogens (primary N) is 1. The number of aromatic nitrogens is 4. The van der Waals surface area contributed by atoms with Gasteiger partial charge in [0.1, 0.15) is 17.3 Å². The first-order chi connectivity index (χ1) is 10.1. The highest BCUT2D eigenvalue weighted by atomic mass is 19.1. The Morgan fingerprint density at radius 1 is 1.14 bits per heavy atom. The summed E-state index contributed by atoms with van der Waals surface area (Å²) in [6.07, 6.45) is 0. The Hall–Kier alpha value is -2.83. The highest BCUT2D eigenvalue weighted by Crippen LogP contribution is 2.27. The number of rotatable bonds is 2. The summed E-state index contributed by atoms with van der Waals surface area (Å²) < 4.78 is 28.5. The molecule has 0 aliphatic carbocycles. The first kappa shape index (κ1) is 13.2. The van der Waals surface area contributed by atoms with Crippen LogP contribution < -0.4 is 5.73 Å². The third-order valence-electron chi connectivity index (χ3n) is 3.12. The lowest BCUT2D eigenvalue weighted by Gasteiger charge is -2.10. The van der Waals surface area contributed by atoms with Gasteiger partial charge in [-0.2, -0.15) is 4.68 Å². The van der Waals surface area contributed by atoms with Crippen molar-refractivity contribution >= 4 is 5.69 Å². The van der Waals surface area contributed by atoms with Crippen molar-refractivity contribution in [2.75, 3.05) is 5.73 Å². The molecule has 5 nitrogen and oxygen atoms in total. The fourth-order valence-corrected chi connectivity index (χ4v) is 2.13. The van der Waals surface area contributed by atoms with Crippen molar-refractivity contribution in [1.29, 1.82) is 0 Å². The molecular weight excluding hydrogens is 276 g/mol. The summed E-state index contributed by atoms with van der Waals surface area (Å²) in [6, 6.07) is 8.55. The van der Waals surface area contributed by atoms with Gasteiger partial charge in [-0.1, -0.05) is 12.1 Å². The van der Waals surface area contributed by atoms with Gasteiger partial charge in [-0.15, -0.1) is 5.10 Å². The van der Waals surface area contributed by atoms with Crippen LogP contribution in [0.3, 0.4) is 0 Å². The van der Waals surface area contributed by atoms with Crippen LogP contribution >= 0.6 is 0 Å². The van der Waals surface area contributed by atoms with Crippen molar-refractivity contribution in [1.82, 2.24) is 20.2 Å². The van der Waals surface area contributed by atoms with E-state index in [9.17, 15) is 8.78 Å². The van der Waals surface area contributed by atoms with E-state index in [4.69, 9.17) is 5.73 Å². The molecule has 3 rings (SSSR count). The predicted molar refractivity (Wildman–Crippen MR) is 73.7 cm³/mol. The van der Waals surface area contributed by atoms with E-state index >= 15 is 0 Å². The van der Waals surface area contributed by atoms with E-state index in [-0.39, 0.29) is 17.2 Å². The van der Waals surface area contributed by atoms with Crippen LogP contribution in [0.2, 0.25) is 0 Å².